The summed E-state index contributed by atoms with van der Waals surface area (Å²) in [5, 5.41) is 0. The molecule has 0 aromatic carbocycles. The molecule has 0 rings (SSSR count). The standard InChI is InChI=1S/C8H6Br8O2/c1-2-3(9)8(15,16)18-6(17)4(5(10)11)7(12,13)14/h3H,2H2,1H3. The summed E-state index contributed by atoms with van der Waals surface area (Å²) in [5.41, 5.74) is 0.293. The van der Waals surface area contributed by atoms with Crippen molar-refractivity contribution in [1.29, 1.82) is 0 Å². The summed E-state index contributed by atoms with van der Waals surface area (Å²) >= 11 is 26.3. The highest BCUT2D eigenvalue weighted by Gasteiger charge is 2.40. The van der Waals surface area contributed by atoms with E-state index in [1.54, 1.807) is 0 Å². The van der Waals surface area contributed by atoms with E-state index in [-0.39, 0.29) is 4.83 Å². The van der Waals surface area contributed by atoms with Crippen molar-refractivity contribution in [1.82, 2.24) is 0 Å². The van der Waals surface area contributed by atoms with Crippen LogP contribution in [0.3, 0.4) is 0 Å². The molecular weight excluding hydrogens is 767 g/mol. The van der Waals surface area contributed by atoms with Gasteiger partial charge in [0.25, 0.3) is 0 Å². The Kier molecular flexibility index (Phi) is 10.1. The maximum absolute atomic E-state index is 12.2. The minimum absolute atomic E-state index is 0.0836. The molecule has 0 heterocycles. The van der Waals surface area contributed by atoms with Gasteiger partial charge in [-0.3, -0.25) is 0 Å². The molecule has 18 heavy (non-hydrogen) atoms. The summed E-state index contributed by atoms with van der Waals surface area (Å²) in [5.74, 6) is -0.531. The van der Waals surface area contributed by atoms with Crippen molar-refractivity contribution in [2.24, 2.45) is 0 Å². The van der Waals surface area contributed by atoms with Crippen molar-refractivity contribution in [3.63, 3.8) is 0 Å². The quantitative estimate of drug-likeness (QED) is 0.175. The molecule has 0 saturated carbocycles. The van der Waals surface area contributed by atoms with E-state index in [1.165, 1.54) is 0 Å². The van der Waals surface area contributed by atoms with Gasteiger partial charge in [-0.1, -0.05) is 70.6 Å². The second-order valence-electron chi connectivity index (χ2n) is 2.96. The van der Waals surface area contributed by atoms with Gasteiger partial charge in [0.05, 0.1) is 13.8 Å². The molecule has 106 valence electrons. The summed E-state index contributed by atoms with van der Waals surface area (Å²) in [6.07, 6.45) is 0.764. The van der Waals surface area contributed by atoms with Crippen LogP contribution in [0.2, 0.25) is 0 Å². The van der Waals surface area contributed by atoms with Crippen molar-refractivity contribution in [2.45, 2.75) is 23.7 Å². The SMILES string of the molecule is CCC(Br)C(Br)(Br)OC(=O)C(=C(Br)Br)C(Br)(Br)Br. The van der Waals surface area contributed by atoms with Gasteiger partial charge in [-0.05, 0) is 70.1 Å². The number of halogens is 8. The lowest BCUT2D eigenvalue weighted by molar-refractivity contribution is -0.141. The highest BCUT2D eigenvalue weighted by molar-refractivity contribution is 9.39. The van der Waals surface area contributed by atoms with Crippen LogP contribution >= 0.6 is 127 Å². The number of ether oxygens (including phenoxy) is 1. The van der Waals surface area contributed by atoms with Crippen molar-refractivity contribution in [3.05, 3.63) is 8.96 Å². The topological polar surface area (TPSA) is 26.3 Å². The highest BCUT2D eigenvalue weighted by atomic mass is 80.0. The van der Waals surface area contributed by atoms with Gasteiger partial charge >= 0.3 is 5.97 Å². The molecule has 0 radical (unpaired) electrons. The molecule has 0 saturated heterocycles. The fourth-order valence-electron chi connectivity index (χ4n) is 0.776. The number of rotatable bonds is 4. The molecule has 0 amide bonds. The van der Waals surface area contributed by atoms with Crippen LogP contribution in [-0.2, 0) is 9.53 Å². The fourth-order valence-corrected chi connectivity index (χ4v) is 5.41. The third kappa shape index (κ3) is 6.87. The minimum atomic E-state index is -0.981. The van der Waals surface area contributed by atoms with Crippen molar-refractivity contribution in [2.75, 3.05) is 0 Å². The van der Waals surface area contributed by atoms with Gasteiger partial charge in [0, 0.05) is 0 Å². The van der Waals surface area contributed by atoms with Crippen molar-refractivity contribution in [3.8, 4) is 0 Å². The number of carbonyl (C=O) groups is 1. The average molecular weight is 773 g/mol. The van der Waals surface area contributed by atoms with Gasteiger partial charge < -0.3 is 4.74 Å². The Morgan fingerprint density at radius 2 is 1.61 bits per heavy atom. The second-order valence-corrected chi connectivity index (χ2v) is 16.9. The lowest BCUT2D eigenvalue weighted by Gasteiger charge is -2.27. The third-order valence-corrected chi connectivity index (χ3v) is 7.56. The van der Waals surface area contributed by atoms with Gasteiger partial charge in [-0.25, -0.2) is 4.79 Å². The predicted octanol–water partition coefficient (Wildman–Crippen LogP) is 6.99. The summed E-state index contributed by atoms with van der Waals surface area (Å²) in [6.45, 7) is 1.96. The Bertz CT molecular complexity index is 341. The molecule has 10 heteroatoms. The third-order valence-electron chi connectivity index (χ3n) is 1.63. The largest absolute Gasteiger partial charge is 0.432 e. The number of carbonyl (C=O) groups excluding carboxylic acids is 1. The Balaban J connectivity index is 5.14. The monoisotopic (exact) mass is 765 g/mol. The Hall–Kier alpha value is 3.05. The average Bonchev–Trinajstić information content (AvgIpc) is 2.11. The number of hydrogen-bond acceptors (Lipinski definition) is 2. The van der Waals surface area contributed by atoms with Crippen LogP contribution in [0.5, 0.6) is 0 Å². The number of hydrogen-bond donors (Lipinski definition) is 0. The summed E-state index contributed by atoms with van der Waals surface area (Å²) in [4.78, 5) is 12.1. The van der Waals surface area contributed by atoms with E-state index < -0.39 is 11.5 Å². The first-order valence-corrected chi connectivity index (χ1v) is 10.8. The first-order chi connectivity index (χ1) is 7.93. The molecule has 0 aliphatic carbocycles. The van der Waals surface area contributed by atoms with Crippen LogP contribution in [0.4, 0.5) is 0 Å². The van der Waals surface area contributed by atoms with Crippen LogP contribution in [0.25, 0.3) is 0 Å². The van der Waals surface area contributed by atoms with Gasteiger partial charge in [-0.2, -0.15) is 0 Å². The lowest BCUT2D eigenvalue weighted by atomic mass is 10.3. The van der Waals surface area contributed by atoms with Crippen LogP contribution in [0.15, 0.2) is 8.96 Å². The number of alkyl halides is 6. The Labute approximate surface area is 173 Å². The second kappa shape index (κ2) is 8.62. The van der Waals surface area contributed by atoms with Crippen molar-refractivity contribution < 1.29 is 9.53 Å². The van der Waals surface area contributed by atoms with Crippen LogP contribution in [0.1, 0.15) is 13.3 Å². The molecule has 1 atom stereocenters. The molecule has 0 N–H and O–H groups in total. The zero-order valence-corrected chi connectivity index (χ0v) is 21.3. The number of esters is 1. The Morgan fingerprint density at radius 1 is 1.17 bits per heavy atom. The Morgan fingerprint density at radius 3 is 1.89 bits per heavy atom. The molecule has 0 spiro atoms. The van der Waals surface area contributed by atoms with Gasteiger partial charge in [0.15, 0.2) is 2.14 Å². The summed E-state index contributed by atoms with van der Waals surface area (Å²) in [6, 6.07) is 0. The normalized spacial score (nSPS) is 14.1. The van der Waals surface area contributed by atoms with E-state index >= 15 is 0 Å². The minimum Gasteiger partial charge on any atom is -0.432 e. The van der Waals surface area contributed by atoms with E-state index in [0.29, 0.717) is 8.96 Å². The van der Waals surface area contributed by atoms with Crippen molar-refractivity contribution >= 4 is 133 Å². The molecule has 0 aromatic heterocycles. The zero-order valence-electron chi connectivity index (χ0n) is 8.62. The molecule has 0 bridgehead atoms. The smallest absolute Gasteiger partial charge is 0.341 e. The van der Waals surface area contributed by atoms with Crippen LogP contribution < -0.4 is 0 Å². The molecule has 0 aliphatic rings. The summed E-state index contributed by atoms with van der Waals surface area (Å²) < 4.78 is 3.97. The van der Waals surface area contributed by atoms with E-state index in [9.17, 15) is 4.79 Å². The van der Waals surface area contributed by atoms with E-state index in [2.05, 4.69) is 127 Å². The van der Waals surface area contributed by atoms with Crippen LogP contribution in [0, 0.1) is 0 Å². The first-order valence-electron chi connectivity index (χ1n) is 4.31. The van der Waals surface area contributed by atoms with Crippen LogP contribution in [-0.4, -0.2) is 16.4 Å². The molecule has 1 unspecified atom stereocenters. The molecular formula is C8H6Br8O2. The molecule has 2 nitrogen and oxygen atoms in total. The zero-order chi connectivity index (χ0) is 14.7. The molecule has 0 aliphatic heterocycles. The van der Waals surface area contributed by atoms with Gasteiger partial charge in [0.1, 0.15) is 0 Å². The predicted molar refractivity (Wildman–Crippen MR) is 104 cm³/mol. The maximum atomic E-state index is 12.2. The first kappa shape index (κ1) is 21.0. The van der Waals surface area contributed by atoms with Gasteiger partial charge in [0.2, 0.25) is 3.42 Å². The van der Waals surface area contributed by atoms with E-state index in [0.717, 1.165) is 6.42 Å². The highest BCUT2D eigenvalue weighted by Crippen LogP contribution is 2.47. The maximum Gasteiger partial charge on any atom is 0.341 e. The van der Waals surface area contributed by atoms with E-state index in [1.807, 2.05) is 6.92 Å². The van der Waals surface area contributed by atoms with Gasteiger partial charge in [-0.15, -0.1) is 0 Å². The lowest BCUT2D eigenvalue weighted by Crippen LogP contribution is -2.33. The molecule has 0 aromatic rings. The summed E-state index contributed by atoms with van der Waals surface area (Å²) in [7, 11) is 0. The van der Waals surface area contributed by atoms with E-state index in [4.69, 9.17) is 4.74 Å². The molecule has 0 fully saturated rings. The fraction of sp³-hybridized carbons (Fsp3) is 0.625.